The molecule has 1 fully saturated rings. The fourth-order valence-corrected chi connectivity index (χ4v) is 5.83. The number of carboxylic acids is 1. The van der Waals surface area contributed by atoms with E-state index in [0.717, 1.165) is 62.3 Å². The molecule has 1 N–H and O–H groups in total. The van der Waals surface area contributed by atoms with E-state index in [2.05, 4.69) is 50.0 Å². The molecule has 0 bridgehead atoms. The van der Waals surface area contributed by atoms with Gasteiger partial charge >= 0.3 is 5.97 Å². The topological polar surface area (TPSA) is 96.1 Å². The number of hydrogen-bond acceptors (Lipinski definition) is 7. The maximum atomic E-state index is 13.6. The van der Waals surface area contributed by atoms with Crippen molar-refractivity contribution < 1.29 is 19.1 Å². The van der Waals surface area contributed by atoms with Crippen molar-refractivity contribution in [2.75, 3.05) is 39.3 Å². The lowest BCUT2D eigenvalue weighted by atomic mass is 10.1. The number of piperazine rings is 1. The van der Waals surface area contributed by atoms with Gasteiger partial charge in [0.25, 0.3) is 0 Å². The molecule has 42 heavy (non-hydrogen) atoms. The highest BCUT2D eigenvalue weighted by Gasteiger charge is 2.23. The minimum Gasteiger partial charge on any atom is -0.486 e. The standard InChI is InChI=1S/C33H30BrN3O5/c34-24-19-26-29(38)32(30(23-8-2-1-3-9-23)42-31(26)27(20-24)33(39)40)41-18-6-13-36-14-16-37(17-15-36)21-25-12-11-22-7-4-5-10-28(22)35-25/h1-5,7-12,19-20H,6,13-18,21H2,(H,39,40). The molecule has 0 amide bonds. The summed E-state index contributed by atoms with van der Waals surface area (Å²) in [5, 5.41) is 11.0. The third-order valence-electron chi connectivity index (χ3n) is 7.55. The van der Waals surface area contributed by atoms with Crippen molar-refractivity contribution in [1.82, 2.24) is 14.8 Å². The van der Waals surface area contributed by atoms with Gasteiger partial charge in [0.1, 0.15) is 5.56 Å². The van der Waals surface area contributed by atoms with E-state index in [9.17, 15) is 14.7 Å². The zero-order valence-corrected chi connectivity index (χ0v) is 24.5. The van der Waals surface area contributed by atoms with Gasteiger partial charge in [-0.1, -0.05) is 70.5 Å². The molecule has 0 unspecified atom stereocenters. The van der Waals surface area contributed by atoms with Crippen LogP contribution in [0.25, 0.3) is 33.2 Å². The van der Waals surface area contributed by atoms with Crippen molar-refractivity contribution >= 4 is 43.8 Å². The molecule has 1 aliphatic heterocycles. The van der Waals surface area contributed by atoms with Gasteiger partial charge in [-0.3, -0.25) is 14.7 Å². The van der Waals surface area contributed by atoms with Gasteiger partial charge in [-0.05, 0) is 30.7 Å². The number of benzene rings is 3. The first-order chi connectivity index (χ1) is 20.5. The van der Waals surface area contributed by atoms with Gasteiger partial charge in [-0.2, -0.15) is 0 Å². The number of pyridine rings is 1. The lowest BCUT2D eigenvalue weighted by Gasteiger charge is -2.34. The quantitative estimate of drug-likeness (QED) is 0.197. The molecule has 2 aromatic heterocycles. The maximum absolute atomic E-state index is 13.6. The van der Waals surface area contributed by atoms with Crippen LogP contribution in [0.2, 0.25) is 0 Å². The number of ether oxygens (including phenoxy) is 1. The molecule has 3 heterocycles. The normalized spacial score (nSPS) is 14.4. The predicted molar refractivity (Wildman–Crippen MR) is 166 cm³/mol. The number of fused-ring (bicyclic) bond motifs is 2. The van der Waals surface area contributed by atoms with Crippen LogP contribution in [0.5, 0.6) is 5.75 Å². The number of hydrogen-bond donors (Lipinski definition) is 1. The van der Waals surface area contributed by atoms with Crippen LogP contribution < -0.4 is 10.2 Å². The van der Waals surface area contributed by atoms with E-state index in [0.29, 0.717) is 16.6 Å². The Morgan fingerprint density at radius 3 is 2.48 bits per heavy atom. The summed E-state index contributed by atoms with van der Waals surface area (Å²) < 4.78 is 12.7. The molecule has 1 aliphatic rings. The highest BCUT2D eigenvalue weighted by Crippen LogP contribution is 2.33. The number of aromatic carboxylic acids is 1. The molecule has 9 heteroatoms. The second kappa shape index (κ2) is 12.4. The molecule has 1 saturated heterocycles. The second-order valence-electron chi connectivity index (χ2n) is 10.4. The third kappa shape index (κ3) is 6.09. The van der Waals surface area contributed by atoms with E-state index in [1.807, 2.05) is 42.5 Å². The van der Waals surface area contributed by atoms with Gasteiger partial charge in [0.15, 0.2) is 11.3 Å². The van der Waals surface area contributed by atoms with Crippen LogP contribution in [-0.4, -0.2) is 65.2 Å². The van der Waals surface area contributed by atoms with Crippen molar-refractivity contribution in [1.29, 1.82) is 0 Å². The Hall–Kier alpha value is -4.05. The summed E-state index contributed by atoms with van der Waals surface area (Å²) in [6.07, 6.45) is 0.733. The third-order valence-corrected chi connectivity index (χ3v) is 8.01. The first-order valence-electron chi connectivity index (χ1n) is 14.0. The number of rotatable bonds is 9. The van der Waals surface area contributed by atoms with Crippen molar-refractivity contribution in [3.63, 3.8) is 0 Å². The Kier molecular flexibility index (Phi) is 8.32. The minimum absolute atomic E-state index is 0.0265. The van der Waals surface area contributed by atoms with Gasteiger partial charge in [-0.15, -0.1) is 0 Å². The van der Waals surface area contributed by atoms with Crippen molar-refractivity contribution in [2.45, 2.75) is 13.0 Å². The Bertz CT molecular complexity index is 1800. The summed E-state index contributed by atoms with van der Waals surface area (Å²) in [4.78, 5) is 35.1. The number of carboxylic acid groups (broad SMARTS) is 1. The molecule has 3 aromatic carbocycles. The van der Waals surface area contributed by atoms with Gasteiger partial charge < -0.3 is 19.2 Å². The van der Waals surface area contributed by atoms with Gasteiger partial charge in [0, 0.05) is 54.7 Å². The first-order valence-corrected chi connectivity index (χ1v) is 14.8. The summed E-state index contributed by atoms with van der Waals surface area (Å²) in [6, 6.07) is 24.6. The number of halogens is 1. The Labute approximate surface area is 251 Å². The highest BCUT2D eigenvalue weighted by molar-refractivity contribution is 9.10. The van der Waals surface area contributed by atoms with Crippen molar-refractivity contribution in [3.8, 4) is 17.1 Å². The van der Waals surface area contributed by atoms with Crippen LogP contribution in [0.1, 0.15) is 22.5 Å². The van der Waals surface area contributed by atoms with E-state index in [4.69, 9.17) is 14.1 Å². The minimum atomic E-state index is -1.18. The summed E-state index contributed by atoms with van der Waals surface area (Å²) in [7, 11) is 0. The van der Waals surface area contributed by atoms with Crippen LogP contribution in [0.15, 0.2) is 92.5 Å². The molecule has 0 atom stereocenters. The molecule has 0 saturated carbocycles. The maximum Gasteiger partial charge on any atom is 0.339 e. The first kappa shape index (κ1) is 28.1. The fraction of sp³-hybridized carbons (Fsp3) is 0.242. The number of nitrogens with zero attached hydrogens (tertiary/aromatic N) is 3. The zero-order chi connectivity index (χ0) is 29.1. The summed E-state index contributed by atoms with van der Waals surface area (Å²) in [5.74, 6) is -0.851. The lowest BCUT2D eigenvalue weighted by molar-refractivity contribution is 0.0697. The van der Waals surface area contributed by atoms with Crippen LogP contribution in [-0.2, 0) is 6.54 Å². The average molecular weight is 629 g/mol. The van der Waals surface area contributed by atoms with Crippen LogP contribution in [0.4, 0.5) is 0 Å². The molecule has 214 valence electrons. The summed E-state index contributed by atoms with van der Waals surface area (Å²) in [6.45, 7) is 5.83. The van der Waals surface area contributed by atoms with Crippen LogP contribution >= 0.6 is 15.9 Å². The summed E-state index contributed by atoms with van der Waals surface area (Å²) >= 11 is 3.32. The molecule has 0 radical (unpaired) electrons. The molecular formula is C33H30BrN3O5. The lowest BCUT2D eigenvalue weighted by Crippen LogP contribution is -2.46. The van der Waals surface area contributed by atoms with Gasteiger partial charge in [0.05, 0.1) is 23.2 Å². The molecule has 0 aliphatic carbocycles. The smallest absolute Gasteiger partial charge is 0.339 e. The number of aromatic nitrogens is 1. The average Bonchev–Trinajstić information content (AvgIpc) is 3.01. The van der Waals surface area contributed by atoms with E-state index >= 15 is 0 Å². The molecule has 8 nitrogen and oxygen atoms in total. The second-order valence-corrected chi connectivity index (χ2v) is 11.3. The molecule has 6 rings (SSSR count). The van der Waals surface area contributed by atoms with E-state index in [1.165, 1.54) is 6.07 Å². The molecular weight excluding hydrogens is 598 g/mol. The van der Waals surface area contributed by atoms with E-state index in [-0.39, 0.29) is 28.0 Å². The van der Waals surface area contributed by atoms with Crippen molar-refractivity contribution in [3.05, 3.63) is 105 Å². The Morgan fingerprint density at radius 1 is 0.952 bits per heavy atom. The van der Waals surface area contributed by atoms with E-state index in [1.54, 1.807) is 6.07 Å². The molecule has 0 spiro atoms. The molecule has 5 aromatic rings. The zero-order valence-electron chi connectivity index (χ0n) is 23.0. The Balaban J connectivity index is 1.10. The Morgan fingerprint density at radius 2 is 1.69 bits per heavy atom. The largest absolute Gasteiger partial charge is 0.486 e. The number of para-hydroxylation sites is 1. The van der Waals surface area contributed by atoms with E-state index < -0.39 is 11.4 Å². The van der Waals surface area contributed by atoms with Gasteiger partial charge in [-0.25, -0.2) is 4.79 Å². The SMILES string of the molecule is O=C(O)c1cc(Br)cc2c(=O)c(OCCCN3CCN(Cc4ccc5ccccc5n4)CC3)c(-c3ccccc3)oc12. The number of carbonyl (C=O) groups is 1. The van der Waals surface area contributed by atoms with Crippen molar-refractivity contribution in [2.24, 2.45) is 0 Å². The van der Waals surface area contributed by atoms with Crippen LogP contribution in [0.3, 0.4) is 0 Å². The predicted octanol–water partition coefficient (Wildman–Crippen LogP) is 6.06. The van der Waals surface area contributed by atoms with Crippen LogP contribution in [0, 0.1) is 0 Å². The fourth-order valence-electron chi connectivity index (χ4n) is 5.37. The monoisotopic (exact) mass is 627 g/mol. The van der Waals surface area contributed by atoms with Gasteiger partial charge in [0.2, 0.25) is 11.2 Å². The summed E-state index contributed by atoms with van der Waals surface area (Å²) in [5.41, 5.74) is 2.30. The highest BCUT2D eigenvalue weighted by atomic mass is 79.9.